The molecule has 1 fully saturated rings. The van der Waals surface area contributed by atoms with Gasteiger partial charge in [0.05, 0.1) is 0 Å². The van der Waals surface area contributed by atoms with Crippen molar-refractivity contribution in [3.8, 4) is 5.75 Å². The minimum Gasteiger partial charge on any atom is -0.489 e. The summed E-state index contributed by atoms with van der Waals surface area (Å²) in [5.41, 5.74) is 2.87. The lowest BCUT2D eigenvalue weighted by Crippen LogP contribution is -2.12. The summed E-state index contributed by atoms with van der Waals surface area (Å²) in [4.78, 5) is 0. The Hall–Kier alpha value is -1.50. The molecule has 0 N–H and O–H groups in total. The molecular weight excluding hydrogens is 268 g/mol. The van der Waals surface area contributed by atoms with Crippen molar-refractivity contribution < 1.29 is 4.74 Å². The Bertz CT molecular complexity index is 493. The first-order valence-corrected chi connectivity index (χ1v) is 8.77. The topological polar surface area (TPSA) is 9.23 Å². The fourth-order valence-corrected chi connectivity index (χ4v) is 3.52. The van der Waals surface area contributed by atoms with Crippen molar-refractivity contribution in [2.45, 2.75) is 58.3 Å². The van der Waals surface area contributed by atoms with E-state index in [0.29, 0.717) is 6.61 Å². The zero-order valence-electron chi connectivity index (χ0n) is 14.2. The third kappa shape index (κ3) is 4.50. The van der Waals surface area contributed by atoms with E-state index in [-0.39, 0.29) is 0 Å². The number of benzene rings is 1. The lowest BCUT2D eigenvalue weighted by Gasteiger charge is -2.27. The molecule has 1 aromatic rings. The highest BCUT2D eigenvalue weighted by Gasteiger charge is 2.21. The number of rotatable bonds is 7. The normalized spacial score (nSPS) is 21.9. The summed E-state index contributed by atoms with van der Waals surface area (Å²) in [5.74, 6) is 2.56. The van der Waals surface area contributed by atoms with Gasteiger partial charge in [0.25, 0.3) is 0 Å². The second kappa shape index (κ2) is 8.82. The molecule has 1 saturated carbocycles. The van der Waals surface area contributed by atoms with Crippen LogP contribution in [-0.2, 0) is 6.42 Å². The molecule has 0 atom stereocenters. The molecule has 0 saturated heterocycles. The van der Waals surface area contributed by atoms with E-state index in [4.69, 9.17) is 4.74 Å². The first-order chi connectivity index (χ1) is 10.8. The maximum Gasteiger partial charge on any atom is 0.122 e. The van der Waals surface area contributed by atoms with E-state index in [1.807, 2.05) is 6.08 Å². The number of ether oxygens (including phenoxy) is 1. The quantitative estimate of drug-likeness (QED) is 0.556. The lowest BCUT2D eigenvalue weighted by atomic mass is 9.78. The molecule has 0 bridgehead atoms. The summed E-state index contributed by atoms with van der Waals surface area (Å²) in [6, 6.07) is 6.84. The third-order valence-electron chi connectivity index (χ3n) is 4.67. The van der Waals surface area contributed by atoms with E-state index in [9.17, 15) is 0 Å². The molecule has 0 radical (unpaired) electrons. The average Bonchev–Trinajstić information content (AvgIpc) is 2.55. The second-order valence-electron chi connectivity index (χ2n) is 6.35. The summed E-state index contributed by atoms with van der Waals surface area (Å²) in [7, 11) is 0. The SMILES string of the molecule is C=CCOc1ccc(C2CCC(/C=C/C)CC2)cc1CCC. The van der Waals surface area contributed by atoms with Gasteiger partial charge >= 0.3 is 0 Å². The van der Waals surface area contributed by atoms with Gasteiger partial charge in [-0.15, -0.1) is 0 Å². The van der Waals surface area contributed by atoms with Gasteiger partial charge in [0, 0.05) is 0 Å². The Morgan fingerprint density at radius 3 is 2.64 bits per heavy atom. The molecule has 0 aromatic heterocycles. The summed E-state index contributed by atoms with van der Waals surface area (Å²) in [6.07, 6.45) is 13.9. The van der Waals surface area contributed by atoms with Gasteiger partial charge in [-0.25, -0.2) is 0 Å². The van der Waals surface area contributed by atoms with Gasteiger partial charge in [-0.1, -0.05) is 50.3 Å². The largest absolute Gasteiger partial charge is 0.489 e. The minimum atomic E-state index is 0.588. The van der Waals surface area contributed by atoms with Crippen LogP contribution in [0, 0.1) is 5.92 Å². The number of hydrogen-bond donors (Lipinski definition) is 0. The van der Waals surface area contributed by atoms with Crippen molar-refractivity contribution in [3.63, 3.8) is 0 Å². The Morgan fingerprint density at radius 1 is 1.23 bits per heavy atom. The van der Waals surface area contributed by atoms with E-state index in [1.54, 1.807) is 0 Å². The maximum atomic E-state index is 5.80. The zero-order valence-corrected chi connectivity index (χ0v) is 14.2. The molecule has 0 spiro atoms. The van der Waals surface area contributed by atoms with E-state index in [1.165, 1.54) is 36.8 Å². The van der Waals surface area contributed by atoms with Gasteiger partial charge in [-0.3, -0.25) is 0 Å². The molecule has 22 heavy (non-hydrogen) atoms. The van der Waals surface area contributed by atoms with Gasteiger partial charge in [-0.05, 0) is 68.1 Å². The monoisotopic (exact) mass is 298 g/mol. The van der Waals surface area contributed by atoms with Crippen LogP contribution in [0.25, 0.3) is 0 Å². The van der Waals surface area contributed by atoms with Gasteiger partial charge in [0.2, 0.25) is 0 Å². The van der Waals surface area contributed by atoms with Crippen molar-refractivity contribution in [3.05, 3.63) is 54.1 Å². The van der Waals surface area contributed by atoms with Crippen molar-refractivity contribution >= 4 is 0 Å². The van der Waals surface area contributed by atoms with Gasteiger partial charge in [0.15, 0.2) is 0 Å². The van der Waals surface area contributed by atoms with Crippen molar-refractivity contribution in [1.29, 1.82) is 0 Å². The molecule has 120 valence electrons. The van der Waals surface area contributed by atoms with Crippen LogP contribution in [0.15, 0.2) is 43.0 Å². The smallest absolute Gasteiger partial charge is 0.122 e. The van der Waals surface area contributed by atoms with E-state index in [0.717, 1.165) is 30.4 Å². The Balaban J connectivity index is 2.08. The highest BCUT2D eigenvalue weighted by Crippen LogP contribution is 2.37. The molecular formula is C21H30O. The van der Waals surface area contributed by atoms with Gasteiger partial charge < -0.3 is 4.74 Å². The Labute approximate surface area is 136 Å². The first kappa shape index (κ1) is 16.9. The molecule has 2 rings (SSSR count). The van der Waals surface area contributed by atoms with Gasteiger partial charge in [-0.2, -0.15) is 0 Å². The molecule has 1 aliphatic rings. The molecule has 1 nitrogen and oxygen atoms in total. The molecule has 0 aliphatic heterocycles. The Kier molecular flexibility index (Phi) is 6.76. The fourth-order valence-electron chi connectivity index (χ4n) is 3.52. The van der Waals surface area contributed by atoms with Crippen LogP contribution in [0.4, 0.5) is 0 Å². The standard InChI is InChI=1S/C21H30O/c1-4-7-17-9-11-18(12-10-17)19-13-14-21(22-15-6-3)20(16-19)8-5-2/h4,6-7,13-14,16-18H,3,5,8-12,15H2,1-2H3/b7-4+. The predicted molar refractivity (Wildman–Crippen MR) is 95.6 cm³/mol. The third-order valence-corrected chi connectivity index (χ3v) is 4.67. The molecule has 1 aromatic carbocycles. The second-order valence-corrected chi connectivity index (χ2v) is 6.35. The van der Waals surface area contributed by atoms with Crippen molar-refractivity contribution in [2.24, 2.45) is 5.92 Å². The van der Waals surface area contributed by atoms with Crippen LogP contribution in [0.2, 0.25) is 0 Å². The average molecular weight is 298 g/mol. The van der Waals surface area contributed by atoms with Crippen molar-refractivity contribution in [1.82, 2.24) is 0 Å². The summed E-state index contributed by atoms with van der Waals surface area (Å²) in [6.45, 7) is 8.68. The van der Waals surface area contributed by atoms with E-state index in [2.05, 4.69) is 50.8 Å². The number of allylic oxidation sites excluding steroid dienone is 2. The molecule has 1 heteroatoms. The zero-order chi connectivity index (χ0) is 15.8. The van der Waals surface area contributed by atoms with Crippen LogP contribution in [-0.4, -0.2) is 6.61 Å². The van der Waals surface area contributed by atoms with Crippen LogP contribution < -0.4 is 4.74 Å². The molecule has 0 unspecified atom stereocenters. The highest BCUT2D eigenvalue weighted by molar-refractivity contribution is 5.39. The number of aryl methyl sites for hydroxylation is 1. The lowest BCUT2D eigenvalue weighted by molar-refractivity contribution is 0.357. The van der Waals surface area contributed by atoms with Crippen molar-refractivity contribution in [2.75, 3.05) is 6.61 Å². The summed E-state index contributed by atoms with van der Waals surface area (Å²) in [5, 5.41) is 0. The van der Waals surface area contributed by atoms with E-state index >= 15 is 0 Å². The molecule has 0 heterocycles. The predicted octanol–water partition coefficient (Wildman–Crippen LogP) is 6.05. The van der Waals surface area contributed by atoms with Crippen LogP contribution in [0.5, 0.6) is 5.75 Å². The maximum absolute atomic E-state index is 5.80. The molecule has 1 aliphatic carbocycles. The number of hydrogen-bond acceptors (Lipinski definition) is 1. The molecule has 0 amide bonds. The Morgan fingerprint density at radius 2 is 2.00 bits per heavy atom. The van der Waals surface area contributed by atoms with Crippen LogP contribution >= 0.6 is 0 Å². The van der Waals surface area contributed by atoms with Crippen LogP contribution in [0.1, 0.15) is 63.0 Å². The fraction of sp³-hybridized carbons (Fsp3) is 0.524. The van der Waals surface area contributed by atoms with E-state index < -0.39 is 0 Å². The first-order valence-electron chi connectivity index (χ1n) is 8.77. The minimum absolute atomic E-state index is 0.588. The van der Waals surface area contributed by atoms with Crippen LogP contribution in [0.3, 0.4) is 0 Å². The summed E-state index contributed by atoms with van der Waals surface area (Å²) >= 11 is 0. The summed E-state index contributed by atoms with van der Waals surface area (Å²) < 4.78 is 5.80. The highest BCUT2D eigenvalue weighted by atomic mass is 16.5. The van der Waals surface area contributed by atoms with Gasteiger partial charge in [0.1, 0.15) is 12.4 Å².